The molecule has 0 fully saturated rings. The summed E-state index contributed by atoms with van der Waals surface area (Å²) in [6, 6.07) is 15.4. The van der Waals surface area contributed by atoms with Crippen LogP contribution in [-0.2, 0) is 4.79 Å². The molecule has 0 aliphatic carbocycles. The van der Waals surface area contributed by atoms with Gasteiger partial charge in [0.05, 0.1) is 18.2 Å². The topological polar surface area (TPSA) is 150 Å². The number of hydrogen-bond acceptors (Lipinski definition) is 8. The van der Waals surface area contributed by atoms with Crippen LogP contribution >= 0.6 is 0 Å². The molecule has 1 amide bonds. The minimum Gasteiger partial charge on any atom is -0.481 e. The quantitative estimate of drug-likeness (QED) is 0.179. The molecule has 3 aromatic rings. The molecule has 0 aliphatic heterocycles. The fraction of sp³-hybridized carbons (Fsp3) is 0.393. The number of nitrogens with one attached hydrogen (secondary N) is 4. The molecule has 1 heterocycles. The second-order valence-electron chi connectivity index (χ2n) is 9.55. The SMILES string of the molecule is CNC(C)(NC)[C@](O)(COc1cc(C(=O)N[C@@H](CC(=O)O)c2cccc(C)c2C)nn1-c1ccccc1)NC. The molecule has 0 saturated carbocycles. The lowest BCUT2D eigenvalue weighted by Gasteiger charge is -2.44. The van der Waals surface area contributed by atoms with Crippen LogP contribution in [-0.4, -0.2) is 71.0 Å². The second-order valence-corrected chi connectivity index (χ2v) is 9.55. The monoisotopic (exact) mass is 538 g/mol. The molecule has 0 spiro atoms. The number of aliphatic carboxylic acids is 1. The maximum absolute atomic E-state index is 13.4. The number of aromatic nitrogens is 2. The second kappa shape index (κ2) is 12.4. The highest BCUT2D eigenvalue weighted by molar-refractivity contribution is 5.93. The van der Waals surface area contributed by atoms with Gasteiger partial charge in [-0.1, -0.05) is 36.4 Å². The van der Waals surface area contributed by atoms with Crippen molar-refractivity contribution in [3.8, 4) is 11.6 Å². The van der Waals surface area contributed by atoms with Gasteiger partial charge in [0.25, 0.3) is 5.91 Å². The first-order valence-electron chi connectivity index (χ1n) is 12.6. The Morgan fingerprint density at radius 1 is 1.03 bits per heavy atom. The number of amides is 1. The van der Waals surface area contributed by atoms with E-state index in [1.54, 1.807) is 40.2 Å². The van der Waals surface area contributed by atoms with E-state index in [4.69, 9.17) is 4.74 Å². The minimum atomic E-state index is -1.56. The van der Waals surface area contributed by atoms with E-state index in [9.17, 15) is 19.8 Å². The van der Waals surface area contributed by atoms with Crippen LogP contribution in [0.15, 0.2) is 54.6 Å². The predicted molar refractivity (Wildman–Crippen MR) is 148 cm³/mol. The lowest BCUT2D eigenvalue weighted by molar-refractivity contribution is -0.137. The van der Waals surface area contributed by atoms with Gasteiger partial charge in [-0.15, -0.1) is 0 Å². The highest BCUT2D eigenvalue weighted by Gasteiger charge is 2.45. The molecule has 6 N–H and O–H groups in total. The normalized spacial score (nSPS) is 13.9. The zero-order valence-electron chi connectivity index (χ0n) is 23.2. The molecule has 0 saturated heterocycles. The van der Waals surface area contributed by atoms with Crippen molar-refractivity contribution in [2.24, 2.45) is 0 Å². The first kappa shape index (κ1) is 29.8. The van der Waals surface area contributed by atoms with E-state index in [-0.39, 0.29) is 24.6 Å². The van der Waals surface area contributed by atoms with E-state index in [2.05, 4.69) is 26.4 Å². The van der Waals surface area contributed by atoms with Crippen molar-refractivity contribution in [1.29, 1.82) is 0 Å². The maximum Gasteiger partial charge on any atom is 0.305 e. The summed E-state index contributed by atoms with van der Waals surface area (Å²) in [5.41, 5.74) is 0.783. The van der Waals surface area contributed by atoms with Crippen molar-refractivity contribution in [2.45, 2.75) is 44.6 Å². The van der Waals surface area contributed by atoms with Gasteiger partial charge in [-0.25, -0.2) is 4.68 Å². The van der Waals surface area contributed by atoms with Crippen LogP contribution in [0.1, 0.15) is 46.6 Å². The summed E-state index contributed by atoms with van der Waals surface area (Å²) < 4.78 is 7.51. The number of carboxylic acids is 1. The van der Waals surface area contributed by atoms with Crippen LogP contribution in [0.4, 0.5) is 0 Å². The Hall–Kier alpha value is -3.77. The van der Waals surface area contributed by atoms with Gasteiger partial charge in [-0.05, 0) is 70.7 Å². The molecule has 0 bridgehead atoms. The fourth-order valence-corrected chi connectivity index (χ4v) is 4.31. The summed E-state index contributed by atoms with van der Waals surface area (Å²) in [5.74, 6) is -1.37. The van der Waals surface area contributed by atoms with Gasteiger partial charge in [0.1, 0.15) is 12.3 Å². The standard InChI is InChI=1S/C28H38N6O5/c1-18-11-10-14-21(19(18)2)22(16-25(35)36)32-26(37)23-15-24(34(33-23)20-12-8-7-9-13-20)39-17-28(38,31-6)27(3,29-4)30-5/h7-15,22,29-31,38H,16-17H2,1-6H3,(H,32,37)(H,35,36)/t22-,28+/m0/s1. The first-order chi connectivity index (χ1) is 18.5. The summed E-state index contributed by atoms with van der Waals surface area (Å²) in [7, 11) is 5.03. The fourth-order valence-electron chi connectivity index (χ4n) is 4.31. The number of hydrogen-bond donors (Lipinski definition) is 6. The van der Waals surface area contributed by atoms with Crippen molar-refractivity contribution in [2.75, 3.05) is 27.7 Å². The molecule has 0 radical (unpaired) electrons. The van der Waals surface area contributed by atoms with Crippen LogP contribution < -0.4 is 26.0 Å². The van der Waals surface area contributed by atoms with Crippen molar-refractivity contribution in [3.63, 3.8) is 0 Å². The first-order valence-corrected chi connectivity index (χ1v) is 12.6. The summed E-state index contributed by atoms with van der Waals surface area (Å²) in [4.78, 5) is 25.0. The number of carboxylic acid groups (broad SMARTS) is 1. The molecule has 0 aliphatic rings. The van der Waals surface area contributed by atoms with Crippen LogP contribution in [0.5, 0.6) is 5.88 Å². The number of benzene rings is 2. The van der Waals surface area contributed by atoms with Crippen LogP contribution in [0, 0.1) is 13.8 Å². The highest BCUT2D eigenvalue weighted by Crippen LogP contribution is 2.26. The molecule has 11 heteroatoms. The average Bonchev–Trinajstić information content (AvgIpc) is 3.37. The lowest BCUT2D eigenvalue weighted by atomic mass is 9.95. The Morgan fingerprint density at radius 2 is 1.69 bits per heavy atom. The van der Waals surface area contributed by atoms with Gasteiger partial charge < -0.3 is 20.3 Å². The zero-order chi connectivity index (χ0) is 28.8. The average molecular weight is 539 g/mol. The molecule has 11 nitrogen and oxygen atoms in total. The molecule has 1 aromatic heterocycles. The van der Waals surface area contributed by atoms with Crippen molar-refractivity contribution in [1.82, 2.24) is 31.0 Å². The lowest BCUT2D eigenvalue weighted by Crippen LogP contribution is -2.74. The third-order valence-electron chi connectivity index (χ3n) is 7.29. The number of aryl methyl sites for hydroxylation is 1. The predicted octanol–water partition coefficient (Wildman–Crippen LogP) is 1.88. The molecule has 39 heavy (non-hydrogen) atoms. The number of carbonyl (C=O) groups excluding carboxylic acids is 1. The summed E-state index contributed by atoms with van der Waals surface area (Å²) in [5, 5.41) is 37.2. The highest BCUT2D eigenvalue weighted by atomic mass is 16.5. The molecule has 2 aromatic carbocycles. The molecular formula is C28H38N6O5. The number of aliphatic hydroxyl groups is 1. The van der Waals surface area contributed by atoms with E-state index in [0.717, 1.165) is 16.7 Å². The number of nitrogens with zero attached hydrogens (tertiary/aromatic N) is 2. The van der Waals surface area contributed by atoms with Crippen molar-refractivity contribution >= 4 is 11.9 Å². The Labute approximate surface area is 228 Å². The molecule has 3 rings (SSSR count). The Balaban J connectivity index is 1.96. The number of ether oxygens (including phenoxy) is 1. The van der Waals surface area contributed by atoms with Gasteiger partial charge in [0.15, 0.2) is 11.4 Å². The van der Waals surface area contributed by atoms with Crippen molar-refractivity contribution < 1.29 is 24.5 Å². The number of rotatable bonds is 13. The number of likely N-dealkylation sites (N-methyl/N-ethyl adjacent to an activating group) is 3. The molecular weight excluding hydrogens is 500 g/mol. The Bertz CT molecular complexity index is 1290. The van der Waals surface area contributed by atoms with Gasteiger partial charge in [-0.2, -0.15) is 5.10 Å². The van der Waals surface area contributed by atoms with Crippen LogP contribution in [0.25, 0.3) is 5.69 Å². The van der Waals surface area contributed by atoms with E-state index in [1.165, 1.54) is 10.7 Å². The van der Waals surface area contributed by atoms with Gasteiger partial charge in [0, 0.05) is 6.07 Å². The van der Waals surface area contributed by atoms with Gasteiger partial charge >= 0.3 is 5.97 Å². The van der Waals surface area contributed by atoms with Crippen LogP contribution in [0.2, 0.25) is 0 Å². The molecule has 0 unspecified atom stereocenters. The Kier molecular flexibility index (Phi) is 9.46. The maximum atomic E-state index is 13.4. The summed E-state index contributed by atoms with van der Waals surface area (Å²) in [6.45, 7) is 5.40. The summed E-state index contributed by atoms with van der Waals surface area (Å²) in [6.07, 6.45) is -0.291. The third-order valence-corrected chi connectivity index (χ3v) is 7.29. The smallest absolute Gasteiger partial charge is 0.305 e. The summed E-state index contributed by atoms with van der Waals surface area (Å²) >= 11 is 0. The largest absolute Gasteiger partial charge is 0.481 e. The minimum absolute atomic E-state index is 0.0348. The van der Waals surface area contributed by atoms with E-state index >= 15 is 0 Å². The van der Waals surface area contributed by atoms with Crippen molar-refractivity contribution in [3.05, 3.63) is 77.0 Å². The van der Waals surface area contributed by atoms with Gasteiger partial charge in [-0.3, -0.25) is 25.5 Å². The van der Waals surface area contributed by atoms with E-state index < -0.39 is 29.3 Å². The zero-order valence-corrected chi connectivity index (χ0v) is 23.2. The number of carbonyl (C=O) groups is 2. The molecule has 210 valence electrons. The number of para-hydroxylation sites is 1. The van der Waals surface area contributed by atoms with E-state index in [1.807, 2.05) is 50.2 Å². The Morgan fingerprint density at radius 3 is 2.28 bits per heavy atom. The third kappa shape index (κ3) is 6.45. The van der Waals surface area contributed by atoms with Crippen LogP contribution in [0.3, 0.4) is 0 Å². The van der Waals surface area contributed by atoms with E-state index in [0.29, 0.717) is 5.69 Å². The molecule has 2 atom stereocenters. The van der Waals surface area contributed by atoms with Gasteiger partial charge in [0.2, 0.25) is 5.88 Å².